The van der Waals surface area contributed by atoms with Gasteiger partial charge in [0.05, 0.1) is 6.42 Å². The molecule has 1 amide bonds. The molecule has 0 aromatic rings. The maximum atomic E-state index is 10.9. The fraction of sp³-hybridized carbons (Fsp3) is 0.750. The number of hydrogen-bond acceptors (Lipinski definition) is 5. The Morgan fingerprint density at radius 1 is 1.36 bits per heavy atom. The molecular weight excluding hydrogens is 188 g/mol. The van der Waals surface area contributed by atoms with Gasteiger partial charge in [0.1, 0.15) is 5.60 Å². The standard InChI is InChI=1S/C8H16N2O4/c1-8(2,3)13-7(12)10-14-6(11)4-5-9/h4-5,9H2,1-3H3,(H,10,12). The van der Waals surface area contributed by atoms with Crippen LogP contribution in [0.4, 0.5) is 4.79 Å². The highest BCUT2D eigenvalue weighted by Gasteiger charge is 2.16. The minimum absolute atomic E-state index is 0.0514. The second-order valence-corrected chi connectivity index (χ2v) is 3.62. The van der Waals surface area contributed by atoms with Gasteiger partial charge in [0.15, 0.2) is 0 Å². The number of rotatable bonds is 2. The summed E-state index contributed by atoms with van der Waals surface area (Å²) in [5.74, 6) is -0.599. The molecule has 0 saturated heterocycles. The van der Waals surface area contributed by atoms with Crippen LogP contribution in [0.25, 0.3) is 0 Å². The van der Waals surface area contributed by atoms with E-state index in [1.54, 1.807) is 20.8 Å². The molecule has 0 aliphatic rings. The quantitative estimate of drug-likeness (QED) is 0.632. The van der Waals surface area contributed by atoms with Crippen molar-refractivity contribution >= 4 is 12.1 Å². The topological polar surface area (TPSA) is 90.6 Å². The van der Waals surface area contributed by atoms with Crippen LogP contribution >= 0.6 is 0 Å². The first kappa shape index (κ1) is 12.7. The molecule has 0 rings (SSSR count). The zero-order valence-electron chi connectivity index (χ0n) is 8.62. The minimum Gasteiger partial charge on any atom is -0.442 e. The highest BCUT2D eigenvalue weighted by atomic mass is 16.7. The lowest BCUT2D eigenvalue weighted by Gasteiger charge is -2.19. The van der Waals surface area contributed by atoms with Crippen molar-refractivity contribution in [3.8, 4) is 0 Å². The van der Waals surface area contributed by atoms with Crippen molar-refractivity contribution in [3.05, 3.63) is 0 Å². The van der Waals surface area contributed by atoms with Crippen molar-refractivity contribution in [2.75, 3.05) is 6.54 Å². The summed E-state index contributed by atoms with van der Waals surface area (Å²) in [5, 5.41) is 0. The van der Waals surface area contributed by atoms with Crippen molar-refractivity contribution in [1.29, 1.82) is 0 Å². The van der Waals surface area contributed by atoms with E-state index in [-0.39, 0.29) is 13.0 Å². The number of amides is 1. The Labute approximate surface area is 82.7 Å². The minimum atomic E-state index is -0.803. The number of nitrogens with one attached hydrogen (secondary N) is 1. The summed E-state index contributed by atoms with van der Waals surface area (Å²) in [5.41, 5.74) is 6.33. The van der Waals surface area contributed by atoms with E-state index in [2.05, 4.69) is 4.84 Å². The Bertz CT molecular complexity index is 210. The molecule has 6 nitrogen and oxygen atoms in total. The zero-order chi connectivity index (χ0) is 11.2. The normalized spacial score (nSPS) is 10.6. The van der Waals surface area contributed by atoms with Gasteiger partial charge in [0.25, 0.3) is 0 Å². The van der Waals surface area contributed by atoms with Crippen molar-refractivity contribution < 1.29 is 19.2 Å². The number of ether oxygens (including phenoxy) is 1. The molecule has 0 aromatic heterocycles. The Kier molecular flexibility index (Phi) is 4.93. The van der Waals surface area contributed by atoms with Gasteiger partial charge in [-0.3, -0.25) is 0 Å². The molecule has 0 aliphatic carbocycles. The molecule has 0 spiro atoms. The Balaban J connectivity index is 3.70. The fourth-order valence-electron chi connectivity index (χ4n) is 0.566. The lowest BCUT2D eigenvalue weighted by atomic mass is 10.2. The van der Waals surface area contributed by atoms with E-state index in [4.69, 9.17) is 10.5 Å². The second kappa shape index (κ2) is 5.43. The predicted octanol–water partition coefficient (Wildman–Crippen LogP) is 0.318. The van der Waals surface area contributed by atoms with Crippen LogP contribution in [-0.2, 0) is 14.4 Å². The van der Waals surface area contributed by atoms with Crippen molar-refractivity contribution in [1.82, 2.24) is 5.48 Å². The van der Waals surface area contributed by atoms with E-state index in [0.29, 0.717) is 0 Å². The summed E-state index contributed by atoms with van der Waals surface area (Å²) in [6.07, 6.45) is -0.752. The van der Waals surface area contributed by atoms with E-state index >= 15 is 0 Å². The Morgan fingerprint density at radius 2 is 1.93 bits per heavy atom. The van der Waals surface area contributed by atoms with E-state index in [1.807, 2.05) is 5.48 Å². The van der Waals surface area contributed by atoms with Crippen LogP contribution in [0.3, 0.4) is 0 Å². The summed E-state index contributed by atoms with van der Waals surface area (Å²) in [6.45, 7) is 5.28. The third kappa shape index (κ3) is 7.35. The molecule has 3 N–H and O–H groups in total. The molecule has 6 heteroatoms. The van der Waals surface area contributed by atoms with Crippen molar-refractivity contribution in [3.63, 3.8) is 0 Å². The average molecular weight is 204 g/mol. The lowest BCUT2D eigenvalue weighted by Crippen LogP contribution is -2.34. The first-order valence-corrected chi connectivity index (χ1v) is 4.24. The number of hydrogen-bond donors (Lipinski definition) is 2. The number of carbonyl (C=O) groups is 2. The molecule has 14 heavy (non-hydrogen) atoms. The predicted molar refractivity (Wildman–Crippen MR) is 49.1 cm³/mol. The molecule has 0 aromatic carbocycles. The molecule has 82 valence electrons. The summed E-state index contributed by atoms with van der Waals surface area (Å²) in [4.78, 5) is 26.0. The summed E-state index contributed by atoms with van der Waals surface area (Å²) >= 11 is 0. The maximum Gasteiger partial charge on any atom is 0.441 e. The van der Waals surface area contributed by atoms with Gasteiger partial charge in [-0.25, -0.2) is 9.59 Å². The number of hydroxylamine groups is 1. The number of nitrogens with two attached hydrogens (primary N) is 1. The van der Waals surface area contributed by atoms with Crippen LogP contribution in [-0.4, -0.2) is 24.2 Å². The highest BCUT2D eigenvalue weighted by molar-refractivity contribution is 5.73. The van der Waals surface area contributed by atoms with Crippen molar-refractivity contribution in [2.45, 2.75) is 32.8 Å². The Morgan fingerprint density at radius 3 is 2.36 bits per heavy atom. The van der Waals surface area contributed by atoms with Crippen LogP contribution in [0.15, 0.2) is 0 Å². The molecule has 0 bridgehead atoms. The van der Waals surface area contributed by atoms with Gasteiger partial charge >= 0.3 is 12.1 Å². The van der Waals surface area contributed by atoms with Gasteiger partial charge in [0.2, 0.25) is 0 Å². The summed E-state index contributed by atoms with van der Waals surface area (Å²) < 4.78 is 4.81. The van der Waals surface area contributed by atoms with E-state index in [9.17, 15) is 9.59 Å². The Hall–Kier alpha value is -1.30. The molecular formula is C8H16N2O4. The van der Waals surface area contributed by atoms with Gasteiger partial charge in [0, 0.05) is 6.54 Å². The molecule has 0 saturated carbocycles. The van der Waals surface area contributed by atoms with Gasteiger partial charge in [-0.1, -0.05) is 0 Å². The van der Waals surface area contributed by atoms with E-state index in [1.165, 1.54) is 0 Å². The van der Waals surface area contributed by atoms with Gasteiger partial charge < -0.3 is 15.3 Å². The summed E-state index contributed by atoms with van der Waals surface area (Å²) in [7, 11) is 0. The largest absolute Gasteiger partial charge is 0.442 e. The van der Waals surface area contributed by atoms with Gasteiger partial charge in [-0.2, -0.15) is 0 Å². The molecule has 0 radical (unpaired) electrons. The average Bonchev–Trinajstić information content (AvgIpc) is 1.98. The van der Waals surface area contributed by atoms with E-state index in [0.717, 1.165) is 0 Å². The number of carbonyl (C=O) groups excluding carboxylic acids is 2. The second-order valence-electron chi connectivity index (χ2n) is 3.62. The van der Waals surface area contributed by atoms with Crippen LogP contribution in [0.5, 0.6) is 0 Å². The van der Waals surface area contributed by atoms with Crippen LogP contribution in [0.2, 0.25) is 0 Å². The van der Waals surface area contributed by atoms with Crippen molar-refractivity contribution in [2.24, 2.45) is 5.73 Å². The monoisotopic (exact) mass is 204 g/mol. The first-order chi connectivity index (χ1) is 6.35. The molecule has 0 fully saturated rings. The van der Waals surface area contributed by atoms with Crippen LogP contribution in [0.1, 0.15) is 27.2 Å². The molecule has 0 aliphatic heterocycles. The summed E-state index contributed by atoms with van der Waals surface area (Å²) in [6, 6.07) is 0. The highest BCUT2D eigenvalue weighted by Crippen LogP contribution is 2.06. The fourth-order valence-corrected chi connectivity index (χ4v) is 0.566. The van der Waals surface area contributed by atoms with Crippen LogP contribution < -0.4 is 11.2 Å². The lowest BCUT2D eigenvalue weighted by molar-refractivity contribution is -0.150. The van der Waals surface area contributed by atoms with Gasteiger partial charge in [-0.15, -0.1) is 5.48 Å². The zero-order valence-corrected chi connectivity index (χ0v) is 8.62. The van der Waals surface area contributed by atoms with E-state index < -0.39 is 17.7 Å². The van der Waals surface area contributed by atoms with Crippen LogP contribution in [0, 0.1) is 0 Å². The molecule has 0 unspecified atom stereocenters. The first-order valence-electron chi connectivity index (χ1n) is 4.24. The molecule has 0 atom stereocenters. The maximum absolute atomic E-state index is 10.9. The SMILES string of the molecule is CC(C)(C)OC(=O)NOC(=O)CCN. The van der Waals surface area contributed by atoms with Gasteiger partial charge in [-0.05, 0) is 20.8 Å². The smallest absolute Gasteiger partial charge is 0.441 e. The third-order valence-electron chi connectivity index (χ3n) is 0.996. The third-order valence-corrected chi connectivity index (χ3v) is 0.996. The molecule has 0 heterocycles.